The van der Waals surface area contributed by atoms with Crippen molar-refractivity contribution in [3.8, 4) is 0 Å². The molecule has 2 heterocycles. The second-order valence-corrected chi connectivity index (χ2v) is 6.03. The summed E-state index contributed by atoms with van der Waals surface area (Å²) in [7, 11) is 3.91. The van der Waals surface area contributed by atoms with E-state index in [-0.39, 0.29) is 18.0 Å². The predicted octanol–water partition coefficient (Wildman–Crippen LogP) is 1.15. The van der Waals surface area contributed by atoms with E-state index < -0.39 is 0 Å². The van der Waals surface area contributed by atoms with Gasteiger partial charge in [0, 0.05) is 39.6 Å². The molecule has 23 heavy (non-hydrogen) atoms. The molecule has 7 nitrogen and oxygen atoms in total. The second-order valence-electron chi connectivity index (χ2n) is 6.03. The lowest BCUT2D eigenvalue weighted by Gasteiger charge is -2.26. The molecule has 1 aliphatic rings. The molecule has 2 rings (SSSR count). The first-order valence-corrected chi connectivity index (χ1v) is 7.97. The number of hydrogen-bond acceptors (Lipinski definition) is 4. The number of likely N-dealkylation sites (N-methyl/N-ethyl adjacent to an activating group) is 1. The van der Waals surface area contributed by atoms with Crippen LogP contribution in [0.15, 0.2) is 22.8 Å². The minimum atomic E-state index is -0.0891. The van der Waals surface area contributed by atoms with Crippen molar-refractivity contribution in [2.45, 2.75) is 19.4 Å². The summed E-state index contributed by atoms with van der Waals surface area (Å²) in [5.74, 6) is 0.895. The first-order valence-electron chi connectivity index (χ1n) is 7.97. The van der Waals surface area contributed by atoms with Gasteiger partial charge in [-0.05, 0) is 32.6 Å². The van der Waals surface area contributed by atoms with Crippen LogP contribution >= 0.6 is 0 Å². The molecule has 1 fully saturated rings. The molecule has 7 heteroatoms. The molecule has 0 spiro atoms. The zero-order valence-electron chi connectivity index (χ0n) is 14.1. The van der Waals surface area contributed by atoms with E-state index in [1.54, 1.807) is 23.0 Å². The first-order chi connectivity index (χ1) is 11.0. The molecule has 0 saturated carbocycles. The van der Waals surface area contributed by atoms with Crippen molar-refractivity contribution < 1.29 is 14.0 Å². The van der Waals surface area contributed by atoms with E-state index in [0.29, 0.717) is 32.7 Å². The quantitative estimate of drug-likeness (QED) is 0.903. The van der Waals surface area contributed by atoms with Gasteiger partial charge in [0.1, 0.15) is 5.76 Å². The van der Waals surface area contributed by atoms with Gasteiger partial charge in [-0.1, -0.05) is 0 Å². The van der Waals surface area contributed by atoms with Gasteiger partial charge >= 0.3 is 6.03 Å². The van der Waals surface area contributed by atoms with Crippen molar-refractivity contribution in [2.24, 2.45) is 0 Å². The third kappa shape index (κ3) is 4.72. The van der Waals surface area contributed by atoms with Crippen molar-refractivity contribution >= 4 is 11.9 Å². The Morgan fingerprint density at radius 2 is 1.96 bits per heavy atom. The van der Waals surface area contributed by atoms with E-state index in [1.807, 2.05) is 31.1 Å². The number of amides is 3. The van der Waals surface area contributed by atoms with E-state index in [9.17, 15) is 9.59 Å². The highest BCUT2D eigenvalue weighted by Gasteiger charge is 2.22. The second kappa shape index (κ2) is 8.01. The highest BCUT2D eigenvalue weighted by Crippen LogP contribution is 2.17. The average molecular weight is 322 g/mol. The van der Waals surface area contributed by atoms with Crippen LogP contribution in [0.5, 0.6) is 0 Å². The topological polar surface area (TPSA) is 69.0 Å². The fraction of sp³-hybridized carbons (Fsp3) is 0.625. The fourth-order valence-electron chi connectivity index (χ4n) is 2.75. The van der Waals surface area contributed by atoms with E-state index >= 15 is 0 Å². The third-order valence-corrected chi connectivity index (χ3v) is 4.17. The molecule has 3 amide bonds. The maximum atomic E-state index is 12.4. The van der Waals surface area contributed by atoms with Gasteiger partial charge in [0.15, 0.2) is 0 Å². The van der Waals surface area contributed by atoms with Crippen LogP contribution in [0.25, 0.3) is 0 Å². The monoisotopic (exact) mass is 322 g/mol. The summed E-state index contributed by atoms with van der Waals surface area (Å²) in [4.78, 5) is 29.4. The molecular formula is C16H26N4O3. The van der Waals surface area contributed by atoms with Crippen molar-refractivity contribution in [1.29, 1.82) is 0 Å². The van der Waals surface area contributed by atoms with Gasteiger partial charge in [0.05, 0.1) is 12.3 Å². The minimum Gasteiger partial charge on any atom is -0.468 e. The van der Waals surface area contributed by atoms with Crippen molar-refractivity contribution in [2.75, 3.05) is 46.8 Å². The zero-order chi connectivity index (χ0) is 16.8. The van der Waals surface area contributed by atoms with E-state index in [1.165, 1.54) is 0 Å². The molecule has 1 aromatic heterocycles. The molecular weight excluding hydrogens is 296 g/mol. The molecule has 1 N–H and O–H groups in total. The van der Waals surface area contributed by atoms with Crippen molar-refractivity contribution in [3.05, 3.63) is 24.2 Å². The molecule has 1 atom stereocenters. The highest BCUT2D eigenvalue weighted by atomic mass is 16.3. The molecule has 0 aliphatic carbocycles. The standard InChI is InChI=1S/C16H26N4O3/c1-13(21)19-7-5-8-20(10-9-19)16(22)17-12-14(18(2)3)15-6-4-11-23-15/h4,6,11,14H,5,7-10,12H2,1-3H3,(H,17,22). The van der Waals surface area contributed by atoms with Crippen molar-refractivity contribution in [3.63, 3.8) is 0 Å². The van der Waals surface area contributed by atoms with E-state index in [0.717, 1.165) is 12.2 Å². The third-order valence-electron chi connectivity index (χ3n) is 4.17. The molecule has 1 unspecified atom stereocenters. The summed E-state index contributed by atoms with van der Waals surface area (Å²) in [5, 5.41) is 2.98. The molecule has 1 aliphatic heterocycles. The van der Waals surface area contributed by atoms with Crippen LogP contribution in [0.2, 0.25) is 0 Å². The predicted molar refractivity (Wildman–Crippen MR) is 87.0 cm³/mol. The zero-order valence-corrected chi connectivity index (χ0v) is 14.1. The lowest BCUT2D eigenvalue weighted by Crippen LogP contribution is -2.44. The van der Waals surface area contributed by atoms with E-state index in [4.69, 9.17) is 4.42 Å². The average Bonchev–Trinajstić information content (AvgIpc) is 2.89. The number of hydrogen-bond donors (Lipinski definition) is 1. The van der Waals surface area contributed by atoms with Crippen LogP contribution in [0.3, 0.4) is 0 Å². The Bertz CT molecular complexity index is 515. The number of furan rings is 1. The summed E-state index contributed by atoms with van der Waals surface area (Å²) in [6.45, 7) is 4.60. The van der Waals surface area contributed by atoms with Gasteiger partial charge in [0.2, 0.25) is 5.91 Å². The number of nitrogens with zero attached hydrogens (tertiary/aromatic N) is 3. The number of carbonyl (C=O) groups is 2. The van der Waals surface area contributed by atoms with Crippen LogP contribution in [0.4, 0.5) is 4.79 Å². The van der Waals surface area contributed by atoms with Gasteiger partial charge in [-0.25, -0.2) is 4.79 Å². The molecule has 0 aromatic carbocycles. The van der Waals surface area contributed by atoms with Crippen LogP contribution in [0.1, 0.15) is 25.1 Å². The summed E-state index contributed by atoms with van der Waals surface area (Å²) in [5.41, 5.74) is 0. The van der Waals surface area contributed by atoms with Crippen LogP contribution < -0.4 is 5.32 Å². The Balaban J connectivity index is 1.87. The summed E-state index contributed by atoms with van der Waals surface area (Å²) in [6.07, 6.45) is 2.45. The largest absolute Gasteiger partial charge is 0.468 e. The molecule has 0 bridgehead atoms. The molecule has 128 valence electrons. The van der Waals surface area contributed by atoms with Gasteiger partial charge in [-0.3, -0.25) is 9.69 Å². The Morgan fingerprint density at radius 3 is 2.57 bits per heavy atom. The Kier molecular flexibility index (Phi) is 6.04. The van der Waals surface area contributed by atoms with Crippen LogP contribution in [-0.2, 0) is 4.79 Å². The number of rotatable bonds is 4. The Labute approximate surface area is 137 Å². The molecule has 1 saturated heterocycles. The van der Waals surface area contributed by atoms with Gasteiger partial charge in [0.25, 0.3) is 0 Å². The maximum Gasteiger partial charge on any atom is 0.317 e. The van der Waals surface area contributed by atoms with Crippen molar-refractivity contribution in [1.82, 2.24) is 20.0 Å². The summed E-state index contributed by atoms with van der Waals surface area (Å²) < 4.78 is 5.44. The first kappa shape index (κ1) is 17.3. The summed E-state index contributed by atoms with van der Waals surface area (Å²) >= 11 is 0. The lowest BCUT2D eigenvalue weighted by atomic mass is 10.2. The molecule has 1 aromatic rings. The maximum absolute atomic E-state index is 12.4. The fourth-order valence-corrected chi connectivity index (χ4v) is 2.75. The highest BCUT2D eigenvalue weighted by molar-refractivity contribution is 5.75. The van der Waals surface area contributed by atoms with E-state index in [2.05, 4.69) is 5.32 Å². The van der Waals surface area contributed by atoms with Gasteiger partial charge in [-0.2, -0.15) is 0 Å². The Hall–Kier alpha value is -2.02. The lowest BCUT2D eigenvalue weighted by molar-refractivity contribution is -0.128. The number of urea groups is 1. The summed E-state index contributed by atoms with van der Waals surface area (Å²) in [6, 6.07) is 3.66. The Morgan fingerprint density at radius 1 is 1.26 bits per heavy atom. The van der Waals surface area contributed by atoms with Crippen LogP contribution in [0, 0.1) is 0 Å². The minimum absolute atomic E-state index is 0.00496. The SMILES string of the molecule is CC(=O)N1CCCN(C(=O)NCC(c2ccco2)N(C)C)CC1. The van der Waals surface area contributed by atoms with Gasteiger partial charge < -0.3 is 19.5 Å². The van der Waals surface area contributed by atoms with Gasteiger partial charge in [-0.15, -0.1) is 0 Å². The number of carbonyl (C=O) groups excluding carboxylic acids is 2. The number of nitrogens with one attached hydrogen (secondary N) is 1. The smallest absolute Gasteiger partial charge is 0.317 e. The van der Waals surface area contributed by atoms with Crippen LogP contribution in [-0.4, -0.2) is 73.5 Å². The normalized spacial score (nSPS) is 17.0. The molecule has 0 radical (unpaired) electrons.